The average Bonchev–Trinajstić information content (AvgIpc) is 2.97. The van der Waals surface area contributed by atoms with E-state index in [1.165, 1.54) is 28.8 Å². The van der Waals surface area contributed by atoms with Crippen molar-refractivity contribution in [2.45, 2.75) is 62.5 Å². The van der Waals surface area contributed by atoms with Gasteiger partial charge in [-0.2, -0.15) is 0 Å². The van der Waals surface area contributed by atoms with Crippen LogP contribution in [0.5, 0.6) is 5.75 Å². The van der Waals surface area contributed by atoms with Crippen LogP contribution in [-0.2, 0) is 26.2 Å². The molecule has 0 spiro atoms. The minimum absolute atomic E-state index is 0.0293. The Labute approximate surface area is 268 Å². The lowest BCUT2D eigenvalue weighted by Gasteiger charge is -2.33. The Bertz CT molecular complexity index is 1500. The van der Waals surface area contributed by atoms with E-state index in [2.05, 4.69) is 5.32 Å². The summed E-state index contributed by atoms with van der Waals surface area (Å²) in [7, 11) is -4.20. The third-order valence-electron chi connectivity index (χ3n) is 6.53. The highest BCUT2D eigenvalue weighted by atomic mass is 35.5. The van der Waals surface area contributed by atoms with Gasteiger partial charge in [0, 0.05) is 27.5 Å². The Morgan fingerprint density at radius 1 is 0.977 bits per heavy atom. The number of hydrogen-bond donors (Lipinski definition) is 1. The lowest BCUT2D eigenvalue weighted by atomic mass is 10.1. The number of carbonyl (C=O) groups excluding carboxylic acids is 2. The third-order valence-corrected chi connectivity index (χ3v) is 9.65. The second-order valence-corrected chi connectivity index (χ2v) is 13.5. The highest BCUT2D eigenvalue weighted by Gasteiger charge is 2.34. The van der Waals surface area contributed by atoms with Gasteiger partial charge in [0.15, 0.2) is 0 Å². The van der Waals surface area contributed by atoms with Crippen LogP contribution in [0.15, 0.2) is 76.5 Å². The molecular formula is C31H37Cl2N3O5S2. The molecule has 0 radical (unpaired) electrons. The summed E-state index contributed by atoms with van der Waals surface area (Å²) in [6, 6.07) is 16.8. The van der Waals surface area contributed by atoms with Gasteiger partial charge in [0.05, 0.1) is 17.2 Å². The van der Waals surface area contributed by atoms with E-state index >= 15 is 0 Å². The number of amides is 2. The summed E-state index contributed by atoms with van der Waals surface area (Å²) >= 11 is 14.1. The van der Waals surface area contributed by atoms with Crippen LogP contribution in [-0.4, -0.2) is 56.6 Å². The molecule has 0 saturated carbocycles. The number of anilines is 1. The van der Waals surface area contributed by atoms with Crippen molar-refractivity contribution in [3.63, 3.8) is 0 Å². The van der Waals surface area contributed by atoms with Crippen LogP contribution in [0, 0.1) is 0 Å². The molecule has 0 bridgehead atoms. The molecule has 1 atom stereocenters. The van der Waals surface area contributed by atoms with Crippen LogP contribution in [0.2, 0.25) is 10.0 Å². The first kappa shape index (κ1) is 34.6. The van der Waals surface area contributed by atoms with E-state index in [1.807, 2.05) is 27.0 Å². The predicted octanol–water partition coefficient (Wildman–Crippen LogP) is 6.64. The molecule has 0 aliphatic carbocycles. The van der Waals surface area contributed by atoms with Gasteiger partial charge in [-0.1, -0.05) is 36.2 Å². The van der Waals surface area contributed by atoms with Crippen LogP contribution >= 0.6 is 35.0 Å². The number of nitrogens with zero attached hydrogens (tertiary/aromatic N) is 2. The minimum Gasteiger partial charge on any atom is -0.494 e. The number of halogens is 2. The number of nitrogens with one attached hydrogen (secondary N) is 1. The van der Waals surface area contributed by atoms with Gasteiger partial charge in [0.2, 0.25) is 11.8 Å². The lowest BCUT2D eigenvalue weighted by molar-refractivity contribution is -0.140. The summed E-state index contributed by atoms with van der Waals surface area (Å²) in [4.78, 5) is 29.8. The predicted molar refractivity (Wildman–Crippen MR) is 175 cm³/mol. The molecule has 3 rings (SSSR count). The molecule has 3 aromatic carbocycles. The molecule has 0 aliphatic rings. The van der Waals surface area contributed by atoms with E-state index in [4.69, 9.17) is 27.9 Å². The lowest BCUT2D eigenvalue weighted by Crippen LogP contribution is -2.53. The molecule has 3 aromatic rings. The largest absolute Gasteiger partial charge is 0.494 e. The molecule has 1 N–H and O–H groups in total. The molecular weight excluding hydrogens is 629 g/mol. The number of rotatable bonds is 14. The molecule has 0 aliphatic heterocycles. The smallest absolute Gasteiger partial charge is 0.264 e. The van der Waals surface area contributed by atoms with E-state index in [9.17, 15) is 18.0 Å². The number of benzene rings is 3. The van der Waals surface area contributed by atoms with E-state index in [-0.39, 0.29) is 29.1 Å². The maximum Gasteiger partial charge on any atom is 0.264 e. The summed E-state index contributed by atoms with van der Waals surface area (Å²) in [6.45, 7) is 7.16. The molecule has 0 saturated heterocycles. The van der Waals surface area contributed by atoms with E-state index < -0.39 is 28.5 Å². The average molecular weight is 667 g/mol. The number of thioether (sulfide) groups is 1. The molecule has 2 amide bonds. The fourth-order valence-electron chi connectivity index (χ4n) is 4.41. The Balaban J connectivity index is 2.09. The van der Waals surface area contributed by atoms with Gasteiger partial charge < -0.3 is 15.0 Å². The van der Waals surface area contributed by atoms with Crippen LogP contribution in [0.25, 0.3) is 0 Å². The normalized spacial score (nSPS) is 12.1. The Hall–Kier alpha value is -2.92. The van der Waals surface area contributed by atoms with Gasteiger partial charge in [-0.05, 0) is 99.7 Å². The first-order valence-corrected chi connectivity index (χ1v) is 17.3. The number of sulfonamides is 1. The van der Waals surface area contributed by atoms with Crippen molar-refractivity contribution < 1.29 is 22.7 Å². The van der Waals surface area contributed by atoms with Crippen molar-refractivity contribution in [1.29, 1.82) is 0 Å². The first-order chi connectivity index (χ1) is 20.4. The molecule has 43 heavy (non-hydrogen) atoms. The Morgan fingerprint density at radius 3 is 2.16 bits per heavy atom. The zero-order chi connectivity index (χ0) is 31.7. The van der Waals surface area contributed by atoms with Crippen LogP contribution in [0.4, 0.5) is 5.69 Å². The number of hydrogen-bond acceptors (Lipinski definition) is 6. The fraction of sp³-hybridized carbons (Fsp3) is 0.355. The van der Waals surface area contributed by atoms with Gasteiger partial charge >= 0.3 is 0 Å². The topological polar surface area (TPSA) is 96.0 Å². The maximum atomic E-state index is 14.2. The monoisotopic (exact) mass is 665 g/mol. The molecule has 8 nitrogen and oxygen atoms in total. The molecule has 0 fully saturated rings. The van der Waals surface area contributed by atoms with Crippen molar-refractivity contribution in [2.75, 3.05) is 23.7 Å². The standard InChI is InChI=1S/C31H37Cl2N3O5S2/c1-6-29(31(38)34-21(3)4)35(19-22-8-9-23(32)18-28(22)33)30(37)20-36(24-10-12-25(13-11-24)41-7-2)43(39,40)27-16-14-26(42-5)15-17-27/h8-18,21,29H,6-7,19-20H2,1-5H3,(H,34,38)/t29-/m1/s1. The van der Waals surface area contributed by atoms with Crippen molar-refractivity contribution in [2.24, 2.45) is 0 Å². The van der Waals surface area contributed by atoms with Gasteiger partial charge in [0.25, 0.3) is 10.0 Å². The second kappa shape index (κ2) is 15.7. The molecule has 0 unspecified atom stereocenters. The third kappa shape index (κ3) is 9.04. The van der Waals surface area contributed by atoms with Crippen LogP contribution in [0.3, 0.4) is 0 Å². The summed E-state index contributed by atoms with van der Waals surface area (Å²) in [6.07, 6.45) is 2.19. The zero-order valence-corrected chi connectivity index (χ0v) is 28.0. The van der Waals surface area contributed by atoms with Gasteiger partial charge in [-0.15, -0.1) is 11.8 Å². The summed E-state index contributed by atoms with van der Waals surface area (Å²) in [5.41, 5.74) is 0.841. The minimum atomic E-state index is -4.20. The Morgan fingerprint density at radius 2 is 1.63 bits per heavy atom. The van der Waals surface area contributed by atoms with Crippen molar-refractivity contribution >= 4 is 62.5 Å². The second-order valence-electron chi connectivity index (χ2n) is 9.96. The van der Waals surface area contributed by atoms with Crippen molar-refractivity contribution in [3.8, 4) is 5.75 Å². The van der Waals surface area contributed by atoms with Gasteiger partial charge in [0.1, 0.15) is 18.3 Å². The van der Waals surface area contributed by atoms with E-state index in [0.29, 0.717) is 34.4 Å². The quantitative estimate of drug-likeness (QED) is 0.194. The fourth-order valence-corrected chi connectivity index (χ4v) is 6.70. The SMILES string of the molecule is CCOc1ccc(N(CC(=O)N(Cc2ccc(Cl)cc2Cl)[C@H](CC)C(=O)NC(C)C)S(=O)(=O)c2ccc(SC)cc2)cc1. The van der Waals surface area contributed by atoms with Crippen LogP contribution in [0.1, 0.15) is 39.7 Å². The van der Waals surface area contributed by atoms with Crippen LogP contribution < -0.4 is 14.4 Å². The zero-order valence-electron chi connectivity index (χ0n) is 24.8. The Kier molecular flexibility index (Phi) is 12.6. The molecule has 0 heterocycles. The van der Waals surface area contributed by atoms with Crippen molar-refractivity contribution in [3.05, 3.63) is 82.3 Å². The first-order valence-electron chi connectivity index (χ1n) is 13.8. The highest BCUT2D eigenvalue weighted by Crippen LogP contribution is 2.29. The summed E-state index contributed by atoms with van der Waals surface area (Å²) < 4.78 is 34.7. The summed E-state index contributed by atoms with van der Waals surface area (Å²) in [5, 5.41) is 3.63. The highest BCUT2D eigenvalue weighted by molar-refractivity contribution is 7.98. The molecule has 12 heteroatoms. The summed E-state index contributed by atoms with van der Waals surface area (Å²) in [5.74, 6) is -0.358. The maximum absolute atomic E-state index is 14.2. The van der Waals surface area contributed by atoms with E-state index in [0.717, 1.165) is 9.20 Å². The van der Waals surface area contributed by atoms with Gasteiger partial charge in [-0.25, -0.2) is 8.42 Å². The number of ether oxygens (including phenoxy) is 1. The molecule has 0 aromatic heterocycles. The van der Waals surface area contributed by atoms with E-state index in [1.54, 1.807) is 61.5 Å². The molecule has 232 valence electrons. The van der Waals surface area contributed by atoms with Crippen molar-refractivity contribution in [1.82, 2.24) is 10.2 Å². The number of carbonyl (C=O) groups is 2. The van der Waals surface area contributed by atoms with Gasteiger partial charge in [-0.3, -0.25) is 13.9 Å².